The number of anilines is 1. The van der Waals surface area contributed by atoms with Crippen molar-refractivity contribution in [2.75, 3.05) is 31.2 Å². The van der Waals surface area contributed by atoms with Crippen molar-refractivity contribution in [3.05, 3.63) is 28.4 Å². The number of nitrogens with one attached hydrogen (secondary N) is 1. The first-order chi connectivity index (χ1) is 15.9. The van der Waals surface area contributed by atoms with Crippen LogP contribution in [0.3, 0.4) is 0 Å². The fourth-order valence-electron chi connectivity index (χ4n) is 5.30. The van der Waals surface area contributed by atoms with Gasteiger partial charge in [0.25, 0.3) is 0 Å². The Morgan fingerprint density at radius 2 is 1.76 bits per heavy atom. The Morgan fingerprint density at radius 1 is 1.06 bits per heavy atom. The number of carbonyl (C=O) groups excluding carboxylic acids is 2. The molecule has 1 unspecified atom stereocenters. The quantitative estimate of drug-likeness (QED) is 0.703. The number of benzene rings is 1. The van der Waals surface area contributed by atoms with E-state index in [1.54, 1.807) is 12.1 Å². The zero-order valence-corrected chi connectivity index (χ0v) is 18.9. The first kappa shape index (κ1) is 22.1. The number of ether oxygens (including phenoxy) is 2. The number of imidazole rings is 1. The van der Waals surface area contributed by atoms with E-state index < -0.39 is 23.5 Å². The smallest absolute Gasteiger partial charge is 0.330 e. The molecule has 1 aromatic heterocycles. The van der Waals surface area contributed by atoms with Crippen LogP contribution in [0.15, 0.2) is 16.9 Å². The van der Waals surface area contributed by atoms with Crippen LogP contribution in [0, 0.1) is 11.7 Å². The zero-order chi connectivity index (χ0) is 23.3. The third kappa shape index (κ3) is 3.74. The van der Waals surface area contributed by atoms with E-state index in [1.165, 1.54) is 9.13 Å². The summed E-state index contributed by atoms with van der Waals surface area (Å²) >= 11 is 0. The minimum atomic E-state index is -0.842. The fraction of sp³-hybridized carbons (Fsp3) is 0.609. The molecule has 0 bridgehead atoms. The summed E-state index contributed by atoms with van der Waals surface area (Å²) < 4.78 is 30.0. The van der Waals surface area contributed by atoms with Crippen LogP contribution >= 0.6 is 0 Å². The van der Waals surface area contributed by atoms with Gasteiger partial charge in [-0.2, -0.15) is 0 Å². The maximum absolute atomic E-state index is 16.0. The van der Waals surface area contributed by atoms with Gasteiger partial charge in [0.1, 0.15) is 11.6 Å². The predicted molar refractivity (Wildman–Crippen MR) is 119 cm³/mol. The van der Waals surface area contributed by atoms with Gasteiger partial charge in [-0.15, -0.1) is 0 Å². The lowest BCUT2D eigenvalue weighted by atomic mass is 9.95. The monoisotopic (exact) mass is 460 g/mol. The normalized spacial score (nSPS) is 23.2. The van der Waals surface area contributed by atoms with Crippen LogP contribution in [0.2, 0.25) is 0 Å². The van der Waals surface area contributed by atoms with Gasteiger partial charge in [-0.3, -0.25) is 24.0 Å². The Balaban J connectivity index is 1.51. The largest absolute Gasteiger partial charge is 0.369 e. The molecule has 2 amide bonds. The van der Waals surface area contributed by atoms with Gasteiger partial charge in [0, 0.05) is 31.5 Å². The highest BCUT2D eigenvalue weighted by Gasteiger charge is 2.35. The van der Waals surface area contributed by atoms with Gasteiger partial charge in [0.2, 0.25) is 11.8 Å². The van der Waals surface area contributed by atoms with Gasteiger partial charge < -0.3 is 14.4 Å². The van der Waals surface area contributed by atoms with Crippen LogP contribution < -0.4 is 15.9 Å². The van der Waals surface area contributed by atoms with Crippen molar-refractivity contribution in [2.24, 2.45) is 5.92 Å². The number of halogens is 1. The predicted octanol–water partition coefficient (Wildman–Crippen LogP) is 2.09. The lowest BCUT2D eigenvalue weighted by Gasteiger charge is -2.35. The van der Waals surface area contributed by atoms with Crippen LogP contribution in [-0.2, 0) is 19.1 Å². The number of imide groups is 1. The number of carbonyl (C=O) groups is 2. The van der Waals surface area contributed by atoms with Crippen molar-refractivity contribution in [1.82, 2.24) is 14.5 Å². The molecule has 0 radical (unpaired) electrons. The molecule has 0 spiro atoms. The van der Waals surface area contributed by atoms with E-state index in [1.807, 2.05) is 18.7 Å². The molecule has 10 heteroatoms. The van der Waals surface area contributed by atoms with Crippen molar-refractivity contribution in [2.45, 2.75) is 57.9 Å². The molecular formula is C23H29FN4O5. The van der Waals surface area contributed by atoms with Crippen LogP contribution in [-0.4, -0.2) is 53.5 Å². The third-order valence-electron chi connectivity index (χ3n) is 6.94. The van der Waals surface area contributed by atoms with Crippen LogP contribution in [0.5, 0.6) is 0 Å². The van der Waals surface area contributed by atoms with E-state index in [2.05, 4.69) is 5.32 Å². The van der Waals surface area contributed by atoms with E-state index in [4.69, 9.17) is 9.47 Å². The molecule has 33 heavy (non-hydrogen) atoms. The summed E-state index contributed by atoms with van der Waals surface area (Å²) in [5, 5.41) is 2.29. The summed E-state index contributed by atoms with van der Waals surface area (Å²) in [5.41, 5.74) is 0.567. The summed E-state index contributed by atoms with van der Waals surface area (Å²) in [4.78, 5) is 39.4. The van der Waals surface area contributed by atoms with Gasteiger partial charge in [-0.25, -0.2) is 9.18 Å². The van der Waals surface area contributed by atoms with Gasteiger partial charge >= 0.3 is 5.69 Å². The topological polar surface area (TPSA) is 94.8 Å². The van der Waals surface area contributed by atoms with Crippen molar-refractivity contribution >= 4 is 28.5 Å². The second-order valence-electron chi connectivity index (χ2n) is 9.28. The number of rotatable bonds is 4. The molecule has 3 fully saturated rings. The molecule has 0 saturated carbocycles. The minimum Gasteiger partial charge on any atom is -0.369 e. The summed E-state index contributed by atoms with van der Waals surface area (Å²) in [7, 11) is 0. The number of piperidine rings is 2. The maximum atomic E-state index is 16.0. The van der Waals surface area contributed by atoms with Gasteiger partial charge in [0.05, 0.1) is 24.4 Å². The van der Waals surface area contributed by atoms with Crippen LogP contribution in [0.25, 0.3) is 11.0 Å². The first-order valence-corrected chi connectivity index (χ1v) is 11.6. The Bertz CT molecular complexity index is 1140. The van der Waals surface area contributed by atoms with Gasteiger partial charge in [0.15, 0.2) is 12.1 Å². The molecule has 1 atom stereocenters. The Kier molecular flexibility index (Phi) is 5.74. The highest BCUT2D eigenvalue weighted by Crippen LogP contribution is 2.34. The van der Waals surface area contributed by atoms with Gasteiger partial charge in [-0.1, -0.05) is 0 Å². The van der Waals surface area contributed by atoms with Crippen LogP contribution in [0.4, 0.5) is 10.1 Å². The SMILES string of the molecule is CC(C)n1c(=O)n(C2CCC(=O)NC2=O)c2ccc(N3CCC(C4OCCO4)CC3)c(F)c21. The lowest BCUT2D eigenvalue weighted by Crippen LogP contribution is -2.44. The highest BCUT2D eigenvalue weighted by molar-refractivity contribution is 6.00. The molecule has 2 aromatic rings. The molecule has 1 N–H and O–H groups in total. The number of aromatic nitrogens is 2. The summed E-state index contributed by atoms with van der Waals surface area (Å²) in [6.45, 7) is 6.19. The molecule has 9 nitrogen and oxygen atoms in total. The van der Waals surface area contributed by atoms with Gasteiger partial charge in [-0.05, 0) is 45.2 Å². The zero-order valence-electron chi connectivity index (χ0n) is 18.9. The number of hydrogen-bond acceptors (Lipinski definition) is 6. The second kappa shape index (κ2) is 8.57. The highest BCUT2D eigenvalue weighted by atomic mass is 19.1. The number of hydrogen-bond donors (Lipinski definition) is 1. The van der Waals surface area contributed by atoms with Crippen molar-refractivity contribution in [3.8, 4) is 0 Å². The molecule has 3 aliphatic heterocycles. The third-order valence-corrected chi connectivity index (χ3v) is 6.94. The molecule has 178 valence electrons. The average molecular weight is 461 g/mol. The molecule has 3 aliphatic rings. The molecule has 1 aromatic carbocycles. The molecular weight excluding hydrogens is 431 g/mol. The van der Waals surface area contributed by atoms with E-state index in [9.17, 15) is 14.4 Å². The van der Waals surface area contributed by atoms with Crippen molar-refractivity contribution in [3.63, 3.8) is 0 Å². The molecule has 4 heterocycles. The number of nitrogens with zero attached hydrogens (tertiary/aromatic N) is 3. The average Bonchev–Trinajstić information content (AvgIpc) is 3.41. The Hall–Kier alpha value is -2.72. The summed E-state index contributed by atoms with van der Waals surface area (Å²) in [5.74, 6) is -1.06. The second-order valence-corrected chi connectivity index (χ2v) is 9.28. The van der Waals surface area contributed by atoms with E-state index in [0.29, 0.717) is 37.5 Å². The Labute approximate surface area is 190 Å². The minimum absolute atomic E-state index is 0.140. The first-order valence-electron chi connectivity index (χ1n) is 11.6. The van der Waals surface area contributed by atoms with Crippen molar-refractivity contribution < 1.29 is 23.5 Å². The van der Waals surface area contributed by atoms with Crippen molar-refractivity contribution in [1.29, 1.82) is 0 Å². The van der Waals surface area contributed by atoms with E-state index in [0.717, 1.165) is 12.8 Å². The van der Waals surface area contributed by atoms with E-state index in [-0.39, 0.29) is 42.5 Å². The fourth-order valence-corrected chi connectivity index (χ4v) is 5.30. The van der Waals surface area contributed by atoms with Crippen LogP contribution in [0.1, 0.15) is 51.6 Å². The van der Waals surface area contributed by atoms with E-state index >= 15 is 4.39 Å². The Morgan fingerprint density at radius 3 is 2.39 bits per heavy atom. The lowest BCUT2D eigenvalue weighted by molar-refractivity contribution is -0.135. The number of amides is 2. The maximum Gasteiger partial charge on any atom is 0.330 e. The summed E-state index contributed by atoms with van der Waals surface area (Å²) in [6, 6.07) is 2.26. The molecule has 3 saturated heterocycles. The number of fused-ring (bicyclic) bond motifs is 1. The molecule has 5 rings (SSSR count). The molecule has 0 aliphatic carbocycles. The summed E-state index contributed by atoms with van der Waals surface area (Å²) in [6.07, 6.45) is 1.84. The standard InChI is InChI=1S/C23H29FN4O5/c1-13(2)27-20-16(28(23(27)31)17-5-6-18(29)25-21(17)30)4-3-15(19(20)24)26-9-7-14(8-10-26)22-32-11-12-33-22/h3-4,13-14,17,22H,5-12H2,1-2H3,(H,25,29,30).